The maximum atomic E-state index is 5.74. The molecule has 3 heteroatoms. The summed E-state index contributed by atoms with van der Waals surface area (Å²) in [5.74, 6) is 1.15. The standard InChI is InChI=1S/C13H23N3/c1-10(2)12(8-14)9-16-11(3)13-6-4-5-7-15-13/h4-7,10-12,16H,8-9,14H2,1-3H3/t11-,12?/m1/s1. The molecule has 90 valence electrons. The summed E-state index contributed by atoms with van der Waals surface area (Å²) in [6.07, 6.45) is 1.83. The first kappa shape index (κ1) is 13.1. The second-order valence-electron chi connectivity index (χ2n) is 4.62. The van der Waals surface area contributed by atoms with Crippen LogP contribution in [0.5, 0.6) is 0 Å². The summed E-state index contributed by atoms with van der Waals surface area (Å²) in [6, 6.07) is 6.29. The van der Waals surface area contributed by atoms with Crippen molar-refractivity contribution in [1.82, 2.24) is 10.3 Å². The molecular formula is C13H23N3. The third kappa shape index (κ3) is 3.91. The van der Waals surface area contributed by atoms with Gasteiger partial charge in [-0.25, -0.2) is 0 Å². The summed E-state index contributed by atoms with van der Waals surface area (Å²) < 4.78 is 0. The van der Waals surface area contributed by atoms with Crippen LogP contribution in [0.25, 0.3) is 0 Å². The molecule has 0 spiro atoms. The maximum absolute atomic E-state index is 5.74. The van der Waals surface area contributed by atoms with E-state index in [0.29, 0.717) is 11.8 Å². The number of nitrogens with one attached hydrogen (secondary N) is 1. The first-order chi connectivity index (χ1) is 7.65. The van der Waals surface area contributed by atoms with Crippen LogP contribution in [0.15, 0.2) is 24.4 Å². The molecule has 0 saturated carbocycles. The van der Waals surface area contributed by atoms with Crippen molar-refractivity contribution in [2.45, 2.75) is 26.8 Å². The van der Waals surface area contributed by atoms with Gasteiger partial charge in [0.15, 0.2) is 0 Å². The van der Waals surface area contributed by atoms with E-state index in [-0.39, 0.29) is 6.04 Å². The molecule has 1 aromatic heterocycles. The molecule has 1 aromatic rings. The van der Waals surface area contributed by atoms with Gasteiger partial charge in [-0.15, -0.1) is 0 Å². The van der Waals surface area contributed by atoms with Crippen LogP contribution >= 0.6 is 0 Å². The van der Waals surface area contributed by atoms with Crippen molar-refractivity contribution in [2.75, 3.05) is 13.1 Å². The van der Waals surface area contributed by atoms with Crippen LogP contribution < -0.4 is 11.1 Å². The Hall–Kier alpha value is -0.930. The molecule has 0 radical (unpaired) electrons. The van der Waals surface area contributed by atoms with Gasteiger partial charge in [0.1, 0.15) is 0 Å². The lowest BCUT2D eigenvalue weighted by molar-refractivity contribution is 0.355. The van der Waals surface area contributed by atoms with E-state index in [1.807, 2.05) is 24.4 Å². The maximum Gasteiger partial charge on any atom is 0.0570 e. The van der Waals surface area contributed by atoms with Gasteiger partial charge in [-0.05, 0) is 37.4 Å². The van der Waals surface area contributed by atoms with Crippen molar-refractivity contribution in [2.24, 2.45) is 17.6 Å². The monoisotopic (exact) mass is 221 g/mol. The highest BCUT2D eigenvalue weighted by atomic mass is 14.9. The van der Waals surface area contributed by atoms with E-state index in [2.05, 4.69) is 31.1 Å². The molecule has 0 amide bonds. The first-order valence-electron chi connectivity index (χ1n) is 5.99. The fraction of sp³-hybridized carbons (Fsp3) is 0.615. The van der Waals surface area contributed by atoms with Crippen molar-refractivity contribution < 1.29 is 0 Å². The third-order valence-corrected chi connectivity index (χ3v) is 3.06. The van der Waals surface area contributed by atoms with Crippen LogP contribution in [0, 0.1) is 11.8 Å². The smallest absolute Gasteiger partial charge is 0.0570 e. The van der Waals surface area contributed by atoms with Gasteiger partial charge in [-0.1, -0.05) is 19.9 Å². The average molecular weight is 221 g/mol. The highest BCUT2D eigenvalue weighted by Gasteiger charge is 2.13. The molecule has 1 rings (SSSR count). The number of nitrogens with two attached hydrogens (primary N) is 1. The molecule has 0 fully saturated rings. The summed E-state index contributed by atoms with van der Waals surface area (Å²) in [5, 5.41) is 3.49. The zero-order chi connectivity index (χ0) is 12.0. The lowest BCUT2D eigenvalue weighted by atomic mass is 9.95. The highest BCUT2D eigenvalue weighted by molar-refractivity contribution is 5.07. The molecule has 16 heavy (non-hydrogen) atoms. The van der Waals surface area contributed by atoms with Gasteiger partial charge < -0.3 is 11.1 Å². The molecule has 1 unspecified atom stereocenters. The van der Waals surface area contributed by atoms with Crippen LogP contribution in [0.2, 0.25) is 0 Å². The van der Waals surface area contributed by atoms with Crippen molar-refractivity contribution in [3.05, 3.63) is 30.1 Å². The quantitative estimate of drug-likeness (QED) is 0.772. The Morgan fingerprint density at radius 2 is 2.06 bits per heavy atom. The van der Waals surface area contributed by atoms with Crippen LogP contribution in [-0.2, 0) is 0 Å². The van der Waals surface area contributed by atoms with Gasteiger partial charge in [0.05, 0.1) is 5.69 Å². The molecule has 2 atom stereocenters. The van der Waals surface area contributed by atoms with Crippen molar-refractivity contribution in [1.29, 1.82) is 0 Å². The predicted molar refractivity (Wildman–Crippen MR) is 68.0 cm³/mol. The van der Waals surface area contributed by atoms with E-state index in [4.69, 9.17) is 5.73 Å². The predicted octanol–water partition coefficient (Wildman–Crippen LogP) is 1.96. The van der Waals surface area contributed by atoms with Crippen molar-refractivity contribution in [3.63, 3.8) is 0 Å². The number of hydrogen-bond acceptors (Lipinski definition) is 3. The van der Waals surface area contributed by atoms with E-state index in [1.54, 1.807) is 0 Å². The highest BCUT2D eigenvalue weighted by Crippen LogP contribution is 2.12. The summed E-state index contributed by atoms with van der Waals surface area (Å²) in [6.45, 7) is 8.25. The van der Waals surface area contributed by atoms with Crippen molar-refractivity contribution >= 4 is 0 Å². The Morgan fingerprint density at radius 3 is 2.56 bits per heavy atom. The zero-order valence-electron chi connectivity index (χ0n) is 10.5. The number of aromatic nitrogens is 1. The minimum Gasteiger partial charge on any atom is -0.330 e. The van der Waals surface area contributed by atoms with Crippen LogP contribution in [0.3, 0.4) is 0 Å². The molecule has 3 nitrogen and oxygen atoms in total. The molecular weight excluding hydrogens is 198 g/mol. The zero-order valence-corrected chi connectivity index (χ0v) is 10.5. The molecule has 0 aliphatic carbocycles. The van der Waals surface area contributed by atoms with Gasteiger partial charge in [0.25, 0.3) is 0 Å². The van der Waals surface area contributed by atoms with Crippen molar-refractivity contribution in [3.8, 4) is 0 Å². The molecule has 0 aliphatic rings. The fourth-order valence-electron chi connectivity index (χ4n) is 1.66. The summed E-state index contributed by atoms with van der Waals surface area (Å²) >= 11 is 0. The molecule has 1 heterocycles. The molecule has 3 N–H and O–H groups in total. The SMILES string of the molecule is CC(C)C(CN)CN[C@H](C)c1ccccn1. The lowest BCUT2D eigenvalue weighted by Gasteiger charge is -2.22. The van der Waals surface area contributed by atoms with Gasteiger partial charge in [0, 0.05) is 18.8 Å². The van der Waals surface area contributed by atoms with Crippen LogP contribution in [0.4, 0.5) is 0 Å². The second kappa shape index (κ2) is 6.61. The van der Waals surface area contributed by atoms with E-state index >= 15 is 0 Å². The molecule has 0 saturated heterocycles. The van der Waals surface area contributed by atoms with Gasteiger partial charge in [-0.2, -0.15) is 0 Å². The van der Waals surface area contributed by atoms with E-state index in [9.17, 15) is 0 Å². The number of nitrogens with zero attached hydrogens (tertiary/aromatic N) is 1. The average Bonchev–Trinajstić information content (AvgIpc) is 2.30. The van der Waals surface area contributed by atoms with E-state index < -0.39 is 0 Å². The van der Waals surface area contributed by atoms with Crippen LogP contribution in [-0.4, -0.2) is 18.1 Å². The Bertz CT molecular complexity index is 284. The number of pyridine rings is 1. The Kier molecular flexibility index (Phi) is 5.43. The molecule has 0 bridgehead atoms. The Labute approximate surface area is 98.5 Å². The molecule has 0 aromatic carbocycles. The van der Waals surface area contributed by atoms with E-state index in [0.717, 1.165) is 18.8 Å². The Balaban J connectivity index is 2.43. The minimum atomic E-state index is 0.286. The number of hydrogen-bond donors (Lipinski definition) is 2. The third-order valence-electron chi connectivity index (χ3n) is 3.06. The number of rotatable bonds is 6. The fourth-order valence-corrected chi connectivity index (χ4v) is 1.66. The summed E-state index contributed by atoms with van der Waals surface area (Å²) in [5.41, 5.74) is 6.83. The van der Waals surface area contributed by atoms with Crippen LogP contribution in [0.1, 0.15) is 32.5 Å². The van der Waals surface area contributed by atoms with Gasteiger partial charge in [-0.3, -0.25) is 4.98 Å². The van der Waals surface area contributed by atoms with Gasteiger partial charge >= 0.3 is 0 Å². The lowest BCUT2D eigenvalue weighted by Crippen LogP contribution is -2.33. The van der Waals surface area contributed by atoms with E-state index in [1.165, 1.54) is 0 Å². The second-order valence-corrected chi connectivity index (χ2v) is 4.62. The van der Waals surface area contributed by atoms with Gasteiger partial charge in [0.2, 0.25) is 0 Å². The largest absolute Gasteiger partial charge is 0.330 e. The normalized spacial score (nSPS) is 15.1. The topological polar surface area (TPSA) is 50.9 Å². The first-order valence-corrected chi connectivity index (χ1v) is 5.99. The molecule has 0 aliphatic heterocycles. The summed E-state index contributed by atoms with van der Waals surface area (Å²) in [4.78, 5) is 4.33. The Morgan fingerprint density at radius 1 is 1.31 bits per heavy atom. The minimum absolute atomic E-state index is 0.286. The summed E-state index contributed by atoms with van der Waals surface area (Å²) in [7, 11) is 0.